The minimum atomic E-state index is -0.951. The second kappa shape index (κ2) is 7.68. The van der Waals surface area contributed by atoms with Crippen LogP contribution in [0, 0.1) is 0 Å². The maximum atomic E-state index is 12.7. The van der Waals surface area contributed by atoms with Crippen molar-refractivity contribution in [2.75, 3.05) is 6.54 Å². The van der Waals surface area contributed by atoms with Crippen molar-refractivity contribution in [1.82, 2.24) is 9.47 Å². The van der Waals surface area contributed by atoms with Gasteiger partial charge in [0.05, 0.1) is 12.2 Å². The number of benzene rings is 2. The molecule has 0 fully saturated rings. The number of fused-ring (bicyclic) bond motifs is 3. The van der Waals surface area contributed by atoms with Crippen LogP contribution in [0.1, 0.15) is 16.9 Å². The fourth-order valence-electron chi connectivity index (χ4n) is 3.91. The van der Waals surface area contributed by atoms with Crippen LogP contribution in [-0.4, -0.2) is 27.2 Å². The molecular formula is C24H20N2O5. The summed E-state index contributed by atoms with van der Waals surface area (Å²) in [6, 6.07) is 18.6. The Hall–Kier alpha value is -4.00. The van der Waals surface area contributed by atoms with Gasteiger partial charge in [-0.3, -0.25) is 9.36 Å². The molecule has 7 nitrogen and oxygen atoms in total. The van der Waals surface area contributed by atoms with E-state index in [1.54, 1.807) is 12.3 Å². The molecule has 3 heterocycles. The third-order valence-corrected chi connectivity index (χ3v) is 5.51. The van der Waals surface area contributed by atoms with Crippen LogP contribution in [0.3, 0.4) is 0 Å². The second-order valence-electron chi connectivity index (χ2n) is 7.48. The van der Waals surface area contributed by atoms with E-state index in [1.807, 2.05) is 48.5 Å². The summed E-state index contributed by atoms with van der Waals surface area (Å²) in [5.74, 6) is 1.17. The normalized spacial score (nSPS) is 13.2. The summed E-state index contributed by atoms with van der Waals surface area (Å²) in [5.41, 5.74) is 3.18. The highest BCUT2D eigenvalue weighted by Gasteiger charge is 2.25. The SMILES string of the molecule is O=C(O)N1CCc2c(oc3cc(-n4ccc(OCc5ccccc5)cc4=O)ccc23)C1. The molecule has 0 bridgehead atoms. The number of furan rings is 1. The zero-order valence-corrected chi connectivity index (χ0v) is 16.7. The standard InChI is InChI=1S/C24H20N2O5/c27-23-13-18(30-15-16-4-2-1-3-5-16)8-11-26(23)17-6-7-19-20-9-10-25(24(28)29)14-22(20)31-21(19)12-17/h1-8,11-13H,9-10,14-15H2,(H,28,29). The van der Waals surface area contributed by atoms with Crippen LogP contribution in [0.2, 0.25) is 0 Å². The summed E-state index contributed by atoms with van der Waals surface area (Å²) in [6.07, 6.45) is 1.34. The van der Waals surface area contributed by atoms with Gasteiger partial charge in [0.25, 0.3) is 5.56 Å². The van der Waals surface area contributed by atoms with Gasteiger partial charge in [0.1, 0.15) is 23.7 Å². The van der Waals surface area contributed by atoms with Crippen molar-refractivity contribution >= 4 is 17.1 Å². The van der Waals surface area contributed by atoms with E-state index < -0.39 is 6.09 Å². The fraction of sp³-hybridized carbons (Fsp3) is 0.167. The number of hydrogen-bond acceptors (Lipinski definition) is 4. The van der Waals surface area contributed by atoms with E-state index in [0.717, 1.165) is 16.5 Å². The molecule has 5 rings (SSSR count). The summed E-state index contributed by atoms with van der Waals surface area (Å²) in [7, 11) is 0. The maximum absolute atomic E-state index is 12.7. The lowest BCUT2D eigenvalue weighted by Crippen LogP contribution is -2.34. The maximum Gasteiger partial charge on any atom is 0.407 e. The molecule has 0 atom stereocenters. The first-order valence-electron chi connectivity index (χ1n) is 10.0. The number of nitrogens with zero attached hydrogens (tertiary/aromatic N) is 2. The molecule has 31 heavy (non-hydrogen) atoms. The molecule has 7 heteroatoms. The van der Waals surface area contributed by atoms with Gasteiger partial charge in [-0.25, -0.2) is 4.79 Å². The highest BCUT2D eigenvalue weighted by atomic mass is 16.5. The molecule has 2 aromatic carbocycles. The van der Waals surface area contributed by atoms with Crippen LogP contribution >= 0.6 is 0 Å². The number of ether oxygens (including phenoxy) is 1. The predicted octanol–water partition coefficient (Wildman–Crippen LogP) is 4.20. The van der Waals surface area contributed by atoms with Gasteiger partial charge in [-0.15, -0.1) is 0 Å². The molecule has 0 spiro atoms. The van der Waals surface area contributed by atoms with Gasteiger partial charge in [-0.1, -0.05) is 30.3 Å². The first-order valence-corrected chi connectivity index (χ1v) is 10.0. The van der Waals surface area contributed by atoms with Crippen molar-refractivity contribution < 1.29 is 19.1 Å². The van der Waals surface area contributed by atoms with Gasteiger partial charge < -0.3 is 19.2 Å². The molecule has 1 N–H and O–H groups in total. The van der Waals surface area contributed by atoms with Crippen LogP contribution in [0.5, 0.6) is 5.75 Å². The minimum Gasteiger partial charge on any atom is -0.489 e. The number of hydrogen-bond donors (Lipinski definition) is 1. The van der Waals surface area contributed by atoms with Crippen molar-refractivity contribution in [2.24, 2.45) is 0 Å². The third-order valence-electron chi connectivity index (χ3n) is 5.51. The Morgan fingerprint density at radius 2 is 1.94 bits per heavy atom. The molecule has 0 unspecified atom stereocenters. The Bertz CT molecular complexity index is 1320. The number of carboxylic acid groups (broad SMARTS) is 1. The van der Waals surface area contributed by atoms with Gasteiger partial charge in [0.2, 0.25) is 0 Å². The van der Waals surface area contributed by atoms with E-state index in [4.69, 9.17) is 9.15 Å². The molecular weight excluding hydrogens is 396 g/mol. The van der Waals surface area contributed by atoms with E-state index in [-0.39, 0.29) is 12.1 Å². The number of aromatic nitrogens is 1. The van der Waals surface area contributed by atoms with E-state index >= 15 is 0 Å². The van der Waals surface area contributed by atoms with Crippen molar-refractivity contribution in [3.05, 3.63) is 94.1 Å². The molecule has 1 aliphatic heterocycles. The number of amides is 1. The Morgan fingerprint density at radius 3 is 2.71 bits per heavy atom. The Labute approximate surface area is 177 Å². The third kappa shape index (κ3) is 3.66. The van der Waals surface area contributed by atoms with E-state index in [2.05, 4.69) is 0 Å². The van der Waals surface area contributed by atoms with Crippen LogP contribution in [0.15, 0.2) is 76.1 Å². The zero-order valence-electron chi connectivity index (χ0n) is 16.7. The molecule has 0 saturated carbocycles. The lowest BCUT2D eigenvalue weighted by Gasteiger charge is -2.22. The number of carbonyl (C=O) groups is 1. The van der Waals surface area contributed by atoms with E-state index in [1.165, 1.54) is 15.5 Å². The highest BCUT2D eigenvalue weighted by molar-refractivity contribution is 5.84. The molecule has 0 radical (unpaired) electrons. The van der Waals surface area contributed by atoms with Gasteiger partial charge in [-0.2, -0.15) is 0 Å². The quantitative estimate of drug-likeness (QED) is 0.539. The van der Waals surface area contributed by atoms with Gasteiger partial charge >= 0.3 is 6.09 Å². The molecule has 1 amide bonds. The lowest BCUT2D eigenvalue weighted by molar-refractivity contribution is 0.135. The van der Waals surface area contributed by atoms with Crippen molar-refractivity contribution in [3.63, 3.8) is 0 Å². The Balaban J connectivity index is 1.40. The topological polar surface area (TPSA) is 84.9 Å². The minimum absolute atomic E-state index is 0.210. The zero-order chi connectivity index (χ0) is 21.4. The second-order valence-corrected chi connectivity index (χ2v) is 7.48. The van der Waals surface area contributed by atoms with Crippen molar-refractivity contribution in [1.29, 1.82) is 0 Å². The lowest BCUT2D eigenvalue weighted by atomic mass is 10.0. The van der Waals surface area contributed by atoms with Gasteiger partial charge in [-0.05, 0) is 30.2 Å². The largest absolute Gasteiger partial charge is 0.489 e. The summed E-state index contributed by atoms with van der Waals surface area (Å²) in [5, 5.41) is 10.2. The van der Waals surface area contributed by atoms with Gasteiger partial charge in [0.15, 0.2) is 0 Å². The van der Waals surface area contributed by atoms with Gasteiger partial charge in [0, 0.05) is 35.8 Å². The van der Waals surface area contributed by atoms with E-state index in [0.29, 0.717) is 42.4 Å². The first-order chi connectivity index (χ1) is 15.1. The molecule has 0 aliphatic carbocycles. The molecule has 0 saturated heterocycles. The van der Waals surface area contributed by atoms with Crippen LogP contribution in [-0.2, 0) is 19.6 Å². The summed E-state index contributed by atoms with van der Waals surface area (Å²) >= 11 is 0. The number of rotatable bonds is 4. The average Bonchev–Trinajstić information content (AvgIpc) is 3.15. The molecule has 4 aromatic rings. The summed E-state index contributed by atoms with van der Waals surface area (Å²) < 4.78 is 13.2. The van der Waals surface area contributed by atoms with E-state index in [9.17, 15) is 14.7 Å². The fourth-order valence-corrected chi connectivity index (χ4v) is 3.91. The molecule has 156 valence electrons. The highest BCUT2D eigenvalue weighted by Crippen LogP contribution is 2.31. The number of pyridine rings is 1. The first kappa shape index (κ1) is 19.0. The molecule has 2 aromatic heterocycles. The van der Waals surface area contributed by atoms with Crippen LogP contribution in [0.25, 0.3) is 16.7 Å². The van der Waals surface area contributed by atoms with Crippen LogP contribution in [0.4, 0.5) is 4.79 Å². The molecule has 1 aliphatic rings. The smallest absolute Gasteiger partial charge is 0.407 e. The Morgan fingerprint density at radius 1 is 1.10 bits per heavy atom. The Kier molecular flexibility index (Phi) is 4.71. The predicted molar refractivity (Wildman–Crippen MR) is 115 cm³/mol. The monoisotopic (exact) mass is 416 g/mol. The van der Waals surface area contributed by atoms with Crippen molar-refractivity contribution in [2.45, 2.75) is 19.6 Å². The average molecular weight is 416 g/mol. The summed E-state index contributed by atoms with van der Waals surface area (Å²) in [4.78, 5) is 25.3. The van der Waals surface area contributed by atoms with Crippen molar-refractivity contribution in [3.8, 4) is 11.4 Å². The summed E-state index contributed by atoms with van der Waals surface area (Å²) in [6.45, 7) is 1.08. The van der Waals surface area contributed by atoms with Crippen LogP contribution < -0.4 is 10.3 Å².